The zero-order valence-corrected chi connectivity index (χ0v) is 11.9. The van der Waals surface area contributed by atoms with E-state index in [0.717, 1.165) is 13.0 Å². The van der Waals surface area contributed by atoms with Gasteiger partial charge in [0.05, 0.1) is 0 Å². The Labute approximate surface area is 110 Å². The molecule has 18 heavy (non-hydrogen) atoms. The van der Waals surface area contributed by atoms with Gasteiger partial charge in [-0.05, 0) is 50.4 Å². The SMILES string of the molecule is Cc1ccc2c(CCCNC(C)C)c(C)[nH]c2c1. The van der Waals surface area contributed by atoms with Crippen molar-refractivity contribution in [3.63, 3.8) is 0 Å². The van der Waals surface area contributed by atoms with Crippen LogP contribution in [0.2, 0.25) is 0 Å². The van der Waals surface area contributed by atoms with Crippen molar-refractivity contribution in [2.45, 2.75) is 46.6 Å². The van der Waals surface area contributed by atoms with Gasteiger partial charge in [0.15, 0.2) is 0 Å². The summed E-state index contributed by atoms with van der Waals surface area (Å²) in [5.41, 5.74) is 5.40. The Morgan fingerprint density at radius 2 is 2.00 bits per heavy atom. The predicted molar refractivity (Wildman–Crippen MR) is 79.2 cm³/mol. The number of H-pyrrole nitrogens is 1. The molecule has 2 aromatic rings. The van der Waals surface area contributed by atoms with Crippen molar-refractivity contribution in [2.24, 2.45) is 0 Å². The fraction of sp³-hybridized carbons (Fsp3) is 0.500. The van der Waals surface area contributed by atoms with Crippen molar-refractivity contribution in [1.82, 2.24) is 10.3 Å². The molecule has 0 aliphatic carbocycles. The number of fused-ring (bicyclic) bond motifs is 1. The number of aromatic nitrogens is 1. The summed E-state index contributed by atoms with van der Waals surface area (Å²) >= 11 is 0. The molecule has 2 heteroatoms. The van der Waals surface area contributed by atoms with E-state index in [0.29, 0.717) is 6.04 Å². The third-order valence-corrected chi connectivity index (χ3v) is 3.43. The van der Waals surface area contributed by atoms with Crippen LogP contribution < -0.4 is 5.32 Å². The van der Waals surface area contributed by atoms with Gasteiger partial charge in [-0.3, -0.25) is 0 Å². The lowest BCUT2D eigenvalue weighted by Gasteiger charge is -2.07. The molecular formula is C16H24N2. The van der Waals surface area contributed by atoms with E-state index < -0.39 is 0 Å². The van der Waals surface area contributed by atoms with E-state index in [1.54, 1.807) is 0 Å². The molecule has 1 aromatic heterocycles. The Balaban J connectivity index is 2.10. The van der Waals surface area contributed by atoms with E-state index >= 15 is 0 Å². The van der Waals surface area contributed by atoms with Gasteiger partial charge in [-0.2, -0.15) is 0 Å². The number of hydrogen-bond acceptors (Lipinski definition) is 1. The second-order valence-electron chi connectivity index (χ2n) is 5.49. The molecule has 0 bridgehead atoms. The summed E-state index contributed by atoms with van der Waals surface area (Å²) in [7, 11) is 0. The summed E-state index contributed by atoms with van der Waals surface area (Å²) in [6, 6.07) is 7.26. The Morgan fingerprint density at radius 1 is 1.22 bits per heavy atom. The largest absolute Gasteiger partial charge is 0.358 e. The first-order valence-electron chi connectivity index (χ1n) is 6.89. The summed E-state index contributed by atoms with van der Waals surface area (Å²) in [5.74, 6) is 0. The molecule has 98 valence electrons. The topological polar surface area (TPSA) is 27.8 Å². The Bertz CT molecular complexity index is 523. The summed E-state index contributed by atoms with van der Waals surface area (Å²) in [4.78, 5) is 3.50. The molecule has 0 amide bonds. The second kappa shape index (κ2) is 5.57. The maximum Gasteiger partial charge on any atom is 0.0461 e. The van der Waals surface area contributed by atoms with Crippen LogP contribution in [0.5, 0.6) is 0 Å². The summed E-state index contributed by atoms with van der Waals surface area (Å²) in [6.07, 6.45) is 2.34. The van der Waals surface area contributed by atoms with E-state index in [4.69, 9.17) is 0 Å². The number of hydrogen-bond donors (Lipinski definition) is 2. The fourth-order valence-electron chi connectivity index (χ4n) is 2.48. The zero-order chi connectivity index (χ0) is 13.1. The van der Waals surface area contributed by atoms with Crippen molar-refractivity contribution >= 4 is 10.9 Å². The van der Waals surface area contributed by atoms with E-state index in [2.05, 4.69) is 56.2 Å². The van der Waals surface area contributed by atoms with Crippen LogP contribution in [0, 0.1) is 13.8 Å². The van der Waals surface area contributed by atoms with E-state index in [-0.39, 0.29) is 0 Å². The minimum absolute atomic E-state index is 0.580. The van der Waals surface area contributed by atoms with Crippen LogP contribution in [0.1, 0.15) is 37.1 Å². The Morgan fingerprint density at radius 3 is 2.72 bits per heavy atom. The maximum atomic E-state index is 3.50. The number of aromatic amines is 1. The Hall–Kier alpha value is -1.28. The molecule has 0 fully saturated rings. The summed E-state index contributed by atoms with van der Waals surface area (Å²) < 4.78 is 0. The van der Waals surface area contributed by atoms with Crippen molar-refractivity contribution in [1.29, 1.82) is 0 Å². The highest BCUT2D eigenvalue weighted by Crippen LogP contribution is 2.24. The highest BCUT2D eigenvalue weighted by Gasteiger charge is 2.07. The van der Waals surface area contributed by atoms with Crippen molar-refractivity contribution in [3.05, 3.63) is 35.0 Å². The molecule has 0 atom stereocenters. The van der Waals surface area contributed by atoms with E-state index in [1.165, 1.54) is 34.1 Å². The molecule has 0 radical (unpaired) electrons. The minimum atomic E-state index is 0.580. The molecule has 1 heterocycles. The molecule has 1 aromatic carbocycles. The molecule has 0 saturated heterocycles. The fourth-order valence-corrected chi connectivity index (χ4v) is 2.48. The van der Waals surface area contributed by atoms with Gasteiger partial charge in [0.25, 0.3) is 0 Å². The van der Waals surface area contributed by atoms with Gasteiger partial charge in [0, 0.05) is 22.6 Å². The Kier molecular flexibility index (Phi) is 4.07. The van der Waals surface area contributed by atoms with Gasteiger partial charge in [0.2, 0.25) is 0 Å². The summed E-state index contributed by atoms with van der Waals surface area (Å²) in [5, 5.41) is 4.87. The highest BCUT2D eigenvalue weighted by atomic mass is 14.9. The molecule has 0 aliphatic heterocycles. The minimum Gasteiger partial charge on any atom is -0.358 e. The number of aryl methyl sites for hydroxylation is 3. The molecule has 2 nitrogen and oxygen atoms in total. The van der Waals surface area contributed by atoms with Gasteiger partial charge in [-0.25, -0.2) is 0 Å². The zero-order valence-electron chi connectivity index (χ0n) is 11.9. The second-order valence-corrected chi connectivity index (χ2v) is 5.49. The average molecular weight is 244 g/mol. The number of rotatable bonds is 5. The van der Waals surface area contributed by atoms with Crippen LogP contribution in [-0.2, 0) is 6.42 Å². The van der Waals surface area contributed by atoms with Crippen LogP contribution in [0.25, 0.3) is 10.9 Å². The van der Waals surface area contributed by atoms with E-state index in [1.807, 2.05) is 0 Å². The molecule has 0 unspecified atom stereocenters. The van der Waals surface area contributed by atoms with Crippen LogP contribution >= 0.6 is 0 Å². The molecule has 2 rings (SSSR count). The standard InChI is InChI=1S/C16H24N2/c1-11(2)17-9-5-6-14-13(4)18-16-10-12(3)7-8-15(14)16/h7-8,10-11,17-18H,5-6,9H2,1-4H3. The maximum absolute atomic E-state index is 3.50. The molecular weight excluding hydrogens is 220 g/mol. The lowest BCUT2D eigenvalue weighted by atomic mass is 10.0. The highest BCUT2D eigenvalue weighted by molar-refractivity contribution is 5.85. The molecule has 0 aliphatic rings. The monoisotopic (exact) mass is 244 g/mol. The van der Waals surface area contributed by atoms with Gasteiger partial charge < -0.3 is 10.3 Å². The summed E-state index contributed by atoms with van der Waals surface area (Å²) in [6.45, 7) is 9.80. The number of benzene rings is 1. The number of nitrogens with one attached hydrogen (secondary N) is 2. The lowest BCUT2D eigenvalue weighted by Crippen LogP contribution is -2.23. The van der Waals surface area contributed by atoms with Crippen molar-refractivity contribution in [2.75, 3.05) is 6.54 Å². The third kappa shape index (κ3) is 2.94. The average Bonchev–Trinajstić information content (AvgIpc) is 2.59. The van der Waals surface area contributed by atoms with Gasteiger partial charge in [0.1, 0.15) is 0 Å². The van der Waals surface area contributed by atoms with Gasteiger partial charge in [-0.1, -0.05) is 26.0 Å². The molecule has 0 spiro atoms. The van der Waals surface area contributed by atoms with Crippen LogP contribution in [0.15, 0.2) is 18.2 Å². The quantitative estimate of drug-likeness (QED) is 0.771. The van der Waals surface area contributed by atoms with Crippen molar-refractivity contribution in [3.8, 4) is 0 Å². The molecule has 0 saturated carbocycles. The van der Waals surface area contributed by atoms with Crippen LogP contribution in [0.3, 0.4) is 0 Å². The predicted octanol–water partition coefficient (Wildman–Crippen LogP) is 3.72. The van der Waals surface area contributed by atoms with Crippen LogP contribution in [0.4, 0.5) is 0 Å². The smallest absolute Gasteiger partial charge is 0.0461 e. The van der Waals surface area contributed by atoms with Crippen molar-refractivity contribution < 1.29 is 0 Å². The normalized spacial score (nSPS) is 11.6. The first-order chi connectivity index (χ1) is 8.58. The first-order valence-corrected chi connectivity index (χ1v) is 6.89. The lowest BCUT2D eigenvalue weighted by molar-refractivity contribution is 0.570. The first kappa shape index (κ1) is 13.2. The van der Waals surface area contributed by atoms with Gasteiger partial charge in [-0.15, -0.1) is 0 Å². The molecule has 2 N–H and O–H groups in total. The third-order valence-electron chi connectivity index (χ3n) is 3.43. The van der Waals surface area contributed by atoms with Crippen LogP contribution in [-0.4, -0.2) is 17.6 Å². The van der Waals surface area contributed by atoms with E-state index in [9.17, 15) is 0 Å². The van der Waals surface area contributed by atoms with Gasteiger partial charge >= 0.3 is 0 Å².